The summed E-state index contributed by atoms with van der Waals surface area (Å²) in [6, 6.07) is 24.4. The molecule has 5 heteroatoms. The number of rotatable bonds is 4. The fraction of sp³-hybridized carbons (Fsp3) is 0.148. The first-order valence-corrected chi connectivity index (χ1v) is 10.3. The predicted octanol–water partition coefficient (Wildman–Crippen LogP) is 6.45. The summed E-state index contributed by atoms with van der Waals surface area (Å²) in [6.07, 6.45) is 1.53. The molecule has 0 unspecified atom stereocenters. The molecule has 0 aliphatic rings. The molecule has 0 fully saturated rings. The van der Waals surface area contributed by atoms with Gasteiger partial charge in [0.1, 0.15) is 23.3 Å². The van der Waals surface area contributed by atoms with Crippen LogP contribution in [-0.4, -0.2) is 10.9 Å². The van der Waals surface area contributed by atoms with E-state index in [1.54, 1.807) is 12.1 Å². The standard InChI is InChI=1S/C27H23N3O2/c1-27(2,3)21-5-4-6-22(15-21)30-26(31)19-8-7-18-9-10-24(14-20(18)13-19)32-25-11-12-29-23(16-25)17-28/h4-16H,1-3H3,(H,30,31). The number of hydrogen-bond acceptors (Lipinski definition) is 4. The highest BCUT2D eigenvalue weighted by Crippen LogP contribution is 2.28. The number of aromatic nitrogens is 1. The van der Waals surface area contributed by atoms with Crippen molar-refractivity contribution in [1.29, 1.82) is 5.26 Å². The number of nitriles is 1. The number of fused-ring (bicyclic) bond motifs is 1. The Hall–Kier alpha value is -4.17. The van der Waals surface area contributed by atoms with Crippen molar-refractivity contribution in [2.75, 3.05) is 5.32 Å². The van der Waals surface area contributed by atoms with Crippen molar-refractivity contribution >= 4 is 22.4 Å². The van der Waals surface area contributed by atoms with E-state index in [9.17, 15) is 4.79 Å². The molecular formula is C27H23N3O2. The van der Waals surface area contributed by atoms with Gasteiger partial charge >= 0.3 is 0 Å². The molecule has 0 spiro atoms. The fourth-order valence-corrected chi connectivity index (χ4v) is 3.37. The van der Waals surface area contributed by atoms with Gasteiger partial charge in [-0.2, -0.15) is 5.26 Å². The number of amides is 1. The van der Waals surface area contributed by atoms with E-state index in [2.05, 4.69) is 37.1 Å². The van der Waals surface area contributed by atoms with Gasteiger partial charge in [-0.25, -0.2) is 4.98 Å². The normalized spacial score (nSPS) is 11.1. The number of hydrogen-bond donors (Lipinski definition) is 1. The minimum atomic E-state index is -0.169. The number of pyridine rings is 1. The highest BCUT2D eigenvalue weighted by molar-refractivity contribution is 6.06. The minimum absolute atomic E-state index is 0.00288. The molecule has 4 aromatic rings. The zero-order valence-electron chi connectivity index (χ0n) is 18.2. The number of anilines is 1. The molecule has 0 bridgehead atoms. The lowest BCUT2D eigenvalue weighted by molar-refractivity contribution is 0.102. The number of carbonyl (C=O) groups is 1. The Kier molecular flexibility index (Phi) is 5.61. The van der Waals surface area contributed by atoms with Crippen molar-refractivity contribution in [3.05, 3.63) is 95.8 Å². The van der Waals surface area contributed by atoms with Crippen molar-refractivity contribution in [2.45, 2.75) is 26.2 Å². The summed E-state index contributed by atoms with van der Waals surface area (Å²) in [5, 5.41) is 13.9. The second-order valence-electron chi connectivity index (χ2n) is 8.60. The quantitative estimate of drug-likeness (QED) is 0.411. The minimum Gasteiger partial charge on any atom is -0.457 e. The molecule has 0 aliphatic heterocycles. The SMILES string of the molecule is CC(C)(C)c1cccc(NC(=O)c2ccc3ccc(Oc4ccnc(C#N)c4)cc3c2)c1. The molecule has 1 amide bonds. The fourth-order valence-electron chi connectivity index (χ4n) is 3.37. The van der Waals surface area contributed by atoms with Crippen LogP contribution in [0.3, 0.4) is 0 Å². The highest BCUT2D eigenvalue weighted by atomic mass is 16.5. The Balaban J connectivity index is 1.57. The maximum absolute atomic E-state index is 12.9. The molecular weight excluding hydrogens is 398 g/mol. The van der Waals surface area contributed by atoms with Crippen molar-refractivity contribution in [3.63, 3.8) is 0 Å². The first-order chi connectivity index (χ1) is 15.3. The van der Waals surface area contributed by atoms with E-state index in [4.69, 9.17) is 10.00 Å². The maximum atomic E-state index is 12.9. The van der Waals surface area contributed by atoms with Crippen LogP contribution in [0, 0.1) is 11.3 Å². The molecule has 5 nitrogen and oxygen atoms in total. The van der Waals surface area contributed by atoms with Crippen molar-refractivity contribution in [1.82, 2.24) is 4.98 Å². The third-order valence-corrected chi connectivity index (χ3v) is 5.14. The lowest BCUT2D eigenvalue weighted by atomic mass is 9.87. The van der Waals surface area contributed by atoms with Gasteiger partial charge in [-0.05, 0) is 64.2 Å². The first-order valence-electron chi connectivity index (χ1n) is 10.3. The van der Waals surface area contributed by atoms with Crippen LogP contribution in [0.1, 0.15) is 42.4 Å². The molecule has 1 heterocycles. The zero-order chi connectivity index (χ0) is 22.7. The predicted molar refractivity (Wildman–Crippen MR) is 126 cm³/mol. The van der Waals surface area contributed by atoms with Gasteiger partial charge in [0.05, 0.1) is 0 Å². The summed E-state index contributed by atoms with van der Waals surface area (Å²) >= 11 is 0. The molecule has 0 aliphatic carbocycles. The van der Waals surface area contributed by atoms with Gasteiger partial charge < -0.3 is 10.1 Å². The monoisotopic (exact) mass is 421 g/mol. The van der Waals surface area contributed by atoms with Crippen LogP contribution in [0.4, 0.5) is 5.69 Å². The molecule has 0 saturated carbocycles. The van der Waals surface area contributed by atoms with E-state index in [-0.39, 0.29) is 17.0 Å². The molecule has 4 rings (SSSR count). The van der Waals surface area contributed by atoms with Gasteiger partial charge in [-0.3, -0.25) is 4.79 Å². The third kappa shape index (κ3) is 4.76. The van der Waals surface area contributed by atoms with Crippen LogP contribution >= 0.6 is 0 Å². The van der Waals surface area contributed by atoms with Gasteiger partial charge in [0, 0.05) is 23.5 Å². The van der Waals surface area contributed by atoms with E-state index < -0.39 is 0 Å². The number of ether oxygens (including phenoxy) is 1. The molecule has 3 aromatic carbocycles. The third-order valence-electron chi connectivity index (χ3n) is 5.14. The van der Waals surface area contributed by atoms with Gasteiger partial charge in [-0.1, -0.05) is 45.0 Å². The smallest absolute Gasteiger partial charge is 0.255 e. The number of nitrogens with one attached hydrogen (secondary N) is 1. The molecule has 0 atom stereocenters. The van der Waals surface area contributed by atoms with Gasteiger partial charge in [0.15, 0.2) is 0 Å². The van der Waals surface area contributed by atoms with Gasteiger partial charge in [0.2, 0.25) is 0 Å². The summed E-state index contributed by atoms with van der Waals surface area (Å²) in [4.78, 5) is 16.8. The number of carbonyl (C=O) groups excluding carboxylic acids is 1. The number of benzene rings is 3. The summed E-state index contributed by atoms with van der Waals surface area (Å²) in [5.74, 6) is 0.976. The summed E-state index contributed by atoms with van der Waals surface area (Å²) in [7, 11) is 0. The van der Waals surface area contributed by atoms with E-state index in [0.29, 0.717) is 17.1 Å². The Morgan fingerprint density at radius 3 is 2.50 bits per heavy atom. The Bertz CT molecular complexity index is 1350. The number of nitrogens with zero attached hydrogens (tertiary/aromatic N) is 2. The average Bonchev–Trinajstić information content (AvgIpc) is 2.78. The first kappa shape index (κ1) is 21.1. The van der Waals surface area contributed by atoms with Gasteiger partial charge in [-0.15, -0.1) is 0 Å². The second kappa shape index (κ2) is 8.52. The van der Waals surface area contributed by atoms with E-state index >= 15 is 0 Å². The topological polar surface area (TPSA) is 75.0 Å². The molecule has 158 valence electrons. The van der Waals surface area contributed by atoms with Crippen LogP contribution in [0.2, 0.25) is 0 Å². The molecule has 0 saturated heterocycles. The van der Waals surface area contributed by atoms with Crippen molar-refractivity contribution in [3.8, 4) is 17.6 Å². The van der Waals surface area contributed by atoms with Crippen molar-refractivity contribution < 1.29 is 9.53 Å². The zero-order valence-corrected chi connectivity index (χ0v) is 18.2. The summed E-state index contributed by atoms with van der Waals surface area (Å²) in [6.45, 7) is 6.43. The van der Waals surface area contributed by atoms with Crippen molar-refractivity contribution in [2.24, 2.45) is 0 Å². The Morgan fingerprint density at radius 2 is 1.72 bits per heavy atom. The van der Waals surface area contributed by atoms with Crippen LogP contribution in [-0.2, 0) is 5.41 Å². The van der Waals surface area contributed by atoms with Crippen LogP contribution in [0.25, 0.3) is 10.8 Å². The average molecular weight is 422 g/mol. The van der Waals surface area contributed by atoms with E-state index in [1.807, 2.05) is 60.7 Å². The molecule has 1 aromatic heterocycles. The summed E-state index contributed by atoms with van der Waals surface area (Å²) < 4.78 is 5.88. The molecule has 32 heavy (non-hydrogen) atoms. The Labute approximate surface area is 187 Å². The van der Waals surface area contributed by atoms with Gasteiger partial charge in [0.25, 0.3) is 5.91 Å². The summed E-state index contributed by atoms with van der Waals surface area (Å²) in [5.41, 5.74) is 2.78. The van der Waals surface area contributed by atoms with E-state index in [1.165, 1.54) is 6.20 Å². The highest BCUT2D eigenvalue weighted by Gasteiger charge is 2.15. The largest absolute Gasteiger partial charge is 0.457 e. The Morgan fingerprint density at radius 1 is 0.938 bits per heavy atom. The molecule has 1 N–H and O–H groups in total. The van der Waals surface area contributed by atoms with E-state index in [0.717, 1.165) is 22.0 Å². The molecule has 0 radical (unpaired) electrons. The lowest BCUT2D eigenvalue weighted by Gasteiger charge is -2.20. The lowest BCUT2D eigenvalue weighted by Crippen LogP contribution is -2.14. The van der Waals surface area contributed by atoms with Crippen LogP contribution in [0.5, 0.6) is 11.5 Å². The maximum Gasteiger partial charge on any atom is 0.255 e. The van der Waals surface area contributed by atoms with Crippen LogP contribution < -0.4 is 10.1 Å². The van der Waals surface area contributed by atoms with Crippen LogP contribution in [0.15, 0.2) is 79.0 Å². The second-order valence-corrected chi connectivity index (χ2v) is 8.60.